The predicted octanol–water partition coefficient (Wildman–Crippen LogP) is 3.61. The van der Waals surface area contributed by atoms with Crippen LogP contribution >= 0.6 is 11.6 Å². The monoisotopic (exact) mass is 436 g/mol. The van der Waals surface area contributed by atoms with Crippen molar-refractivity contribution in [1.29, 1.82) is 0 Å². The average molecular weight is 437 g/mol. The van der Waals surface area contributed by atoms with Gasteiger partial charge in [0.1, 0.15) is 5.82 Å². The maximum Gasteiger partial charge on any atom is 0.230 e. The van der Waals surface area contributed by atoms with Crippen molar-refractivity contribution in [3.63, 3.8) is 0 Å². The Morgan fingerprint density at radius 3 is 2.52 bits per heavy atom. The topological polar surface area (TPSA) is 57.7 Å². The number of carbonyl (C=O) groups is 1. The number of carbonyl (C=O) groups excluding carboxylic acids is 1. The van der Waals surface area contributed by atoms with Crippen molar-refractivity contribution in [2.24, 2.45) is 5.92 Å². The van der Waals surface area contributed by atoms with Gasteiger partial charge in [0.05, 0.1) is 5.75 Å². The standard InChI is InChI=1S/C21H22ClFN2O3S/c22-18-5-3-6-19(23)17(18)14-29(27,28)24-11-8-16(9-12-24)21(26)25-13-10-15-4-1-2-7-20(15)25/h1-7,16H,8-14H2. The lowest BCUT2D eigenvalue weighted by Gasteiger charge is -2.32. The second kappa shape index (κ2) is 8.05. The predicted molar refractivity (Wildman–Crippen MR) is 111 cm³/mol. The number of sulfonamides is 1. The molecule has 2 aromatic rings. The van der Waals surface area contributed by atoms with E-state index in [1.54, 1.807) is 0 Å². The quantitative estimate of drug-likeness (QED) is 0.735. The van der Waals surface area contributed by atoms with Crippen molar-refractivity contribution < 1.29 is 17.6 Å². The number of benzene rings is 2. The molecule has 0 bridgehead atoms. The molecule has 2 aromatic carbocycles. The van der Waals surface area contributed by atoms with E-state index in [4.69, 9.17) is 11.6 Å². The summed E-state index contributed by atoms with van der Waals surface area (Å²) in [6.45, 7) is 1.17. The van der Waals surface area contributed by atoms with E-state index in [1.807, 2.05) is 29.2 Å². The van der Waals surface area contributed by atoms with Crippen LogP contribution < -0.4 is 4.90 Å². The van der Waals surface area contributed by atoms with E-state index in [0.717, 1.165) is 12.1 Å². The zero-order valence-corrected chi connectivity index (χ0v) is 17.4. The van der Waals surface area contributed by atoms with Crippen LogP contribution in [0.25, 0.3) is 0 Å². The van der Waals surface area contributed by atoms with E-state index in [1.165, 1.54) is 28.1 Å². The Bertz CT molecular complexity index is 1020. The summed E-state index contributed by atoms with van der Waals surface area (Å²) in [6.07, 6.45) is 1.77. The fraction of sp³-hybridized carbons (Fsp3) is 0.381. The molecule has 0 atom stereocenters. The van der Waals surface area contributed by atoms with Gasteiger partial charge in [-0.15, -0.1) is 0 Å². The van der Waals surface area contributed by atoms with Gasteiger partial charge in [-0.3, -0.25) is 4.79 Å². The molecule has 0 N–H and O–H groups in total. The summed E-state index contributed by atoms with van der Waals surface area (Å²) < 4.78 is 40.9. The molecule has 0 spiro atoms. The van der Waals surface area contributed by atoms with Crippen LogP contribution in [0, 0.1) is 11.7 Å². The highest BCUT2D eigenvalue weighted by Crippen LogP contribution is 2.32. The number of fused-ring (bicyclic) bond motifs is 1. The SMILES string of the molecule is O=C(C1CCN(S(=O)(=O)Cc2c(F)cccc2Cl)CC1)N1CCc2ccccc21. The van der Waals surface area contributed by atoms with E-state index in [9.17, 15) is 17.6 Å². The van der Waals surface area contributed by atoms with Crippen molar-refractivity contribution >= 4 is 33.2 Å². The number of hydrogen-bond donors (Lipinski definition) is 0. The molecule has 1 fully saturated rings. The van der Waals surface area contributed by atoms with Crippen molar-refractivity contribution in [2.45, 2.75) is 25.0 Å². The number of hydrogen-bond acceptors (Lipinski definition) is 3. The summed E-state index contributed by atoms with van der Waals surface area (Å²) in [5.41, 5.74) is 2.12. The van der Waals surface area contributed by atoms with Crippen LogP contribution in [0.2, 0.25) is 5.02 Å². The minimum Gasteiger partial charge on any atom is -0.312 e. The first-order valence-electron chi connectivity index (χ1n) is 9.67. The van der Waals surface area contributed by atoms with Crippen LogP contribution in [-0.2, 0) is 27.0 Å². The smallest absolute Gasteiger partial charge is 0.230 e. The second-order valence-electron chi connectivity index (χ2n) is 7.50. The molecule has 154 valence electrons. The van der Waals surface area contributed by atoms with Crippen molar-refractivity contribution in [2.75, 3.05) is 24.5 Å². The van der Waals surface area contributed by atoms with Crippen LogP contribution in [0.15, 0.2) is 42.5 Å². The normalized spacial score (nSPS) is 18.1. The van der Waals surface area contributed by atoms with Gasteiger partial charge in [0.15, 0.2) is 0 Å². The lowest BCUT2D eigenvalue weighted by Crippen LogP contribution is -2.44. The molecule has 5 nitrogen and oxygen atoms in total. The molecular weight excluding hydrogens is 415 g/mol. The molecule has 0 saturated carbocycles. The van der Waals surface area contributed by atoms with Gasteiger partial charge in [-0.2, -0.15) is 0 Å². The van der Waals surface area contributed by atoms with Crippen LogP contribution in [0.5, 0.6) is 0 Å². The third-order valence-corrected chi connectivity index (χ3v) is 7.90. The van der Waals surface area contributed by atoms with Crippen LogP contribution in [0.1, 0.15) is 24.0 Å². The Morgan fingerprint density at radius 2 is 1.79 bits per heavy atom. The van der Waals surface area contributed by atoms with Crippen LogP contribution in [-0.4, -0.2) is 38.3 Å². The Morgan fingerprint density at radius 1 is 1.07 bits per heavy atom. The molecule has 0 radical (unpaired) electrons. The number of halogens is 2. The highest BCUT2D eigenvalue weighted by molar-refractivity contribution is 7.88. The highest BCUT2D eigenvalue weighted by Gasteiger charge is 2.35. The average Bonchev–Trinajstić information content (AvgIpc) is 3.15. The van der Waals surface area contributed by atoms with Gasteiger partial charge >= 0.3 is 0 Å². The molecule has 0 aromatic heterocycles. The summed E-state index contributed by atoms with van der Waals surface area (Å²) in [7, 11) is -3.71. The first kappa shape index (κ1) is 20.3. The second-order valence-corrected chi connectivity index (χ2v) is 9.87. The van der Waals surface area contributed by atoms with Gasteiger partial charge in [-0.05, 0) is 43.0 Å². The lowest BCUT2D eigenvalue weighted by molar-refractivity contribution is -0.123. The molecule has 2 heterocycles. The molecule has 4 rings (SSSR count). The third-order valence-electron chi connectivity index (χ3n) is 5.74. The largest absolute Gasteiger partial charge is 0.312 e. The minimum absolute atomic E-state index is 0.0129. The summed E-state index contributed by atoms with van der Waals surface area (Å²) in [5.74, 6) is -1.25. The Balaban J connectivity index is 1.41. The zero-order valence-electron chi connectivity index (χ0n) is 15.9. The fourth-order valence-corrected chi connectivity index (χ4v) is 6.03. The van der Waals surface area contributed by atoms with Crippen molar-refractivity contribution in [3.8, 4) is 0 Å². The van der Waals surface area contributed by atoms with Crippen molar-refractivity contribution in [1.82, 2.24) is 4.31 Å². The van der Waals surface area contributed by atoms with Crippen LogP contribution in [0.3, 0.4) is 0 Å². The Hall–Kier alpha value is -1.96. The van der Waals surface area contributed by atoms with E-state index >= 15 is 0 Å². The Labute approximate surface area is 175 Å². The zero-order chi connectivity index (χ0) is 20.6. The number of piperidine rings is 1. The molecule has 2 aliphatic rings. The van der Waals surface area contributed by atoms with E-state index in [0.29, 0.717) is 19.4 Å². The third kappa shape index (κ3) is 4.04. The van der Waals surface area contributed by atoms with E-state index in [-0.39, 0.29) is 35.5 Å². The summed E-state index contributed by atoms with van der Waals surface area (Å²) in [4.78, 5) is 14.8. The first-order valence-corrected chi connectivity index (χ1v) is 11.7. The number of anilines is 1. The molecule has 29 heavy (non-hydrogen) atoms. The summed E-state index contributed by atoms with van der Waals surface area (Å²) >= 11 is 5.98. The minimum atomic E-state index is -3.71. The van der Waals surface area contributed by atoms with E-state index < -0.39 is 21.6 Å². The van der Waals surface area contributed by atoms with Gasteiger partial charge in [0, 0.05) is 41.8 Å². The highest BCUT2D eigenvalue weighted by atomic mass is 35.5. The van der Waals surface area contributed by atoms with Crippen LogP contribution in [0.4, 0.5) is 10.1 Å². The van der Waals surface area contributed by atoms with Crippen molar-refractivity contribution in [3.05, 3.63) is 64.4 Å². The number of rotatable bonds is 4. The van der Waals surface area contributed by atoms with Gasteiger partial charge in [0.25, 0.3) is 0 Å². The molecule has 0 unspecified atom stereocenters. The number of amides is 1. The van der Waals surface area contributed by atoms with Gasteiger partial charge in [0.2, 0.25) is 15.9 Å². The van der Waals surface area contributed by atoms with Gasteiger partial charge in [-0.25, -0.2) is 17.1 Å². The molecule has 0 aliphatic carbocycles. The van der Waals surface area contributed by atoms with E-state index in [2.05, 4.69) is 0 Å². The fourth-order valence-electron chi connectivity index (χ4n) is 4.11. The lowest BCUT2D eigenvalue weighted by atomic mass is 9.96. The maximum atomic E-state index is 14.0. The number of para-hydroxylation sites is 1. The molecule has 2 aliphatic heterocycles. The maximum absolute atomic E-state index is 14.0. The number of nitrogens with zero attached hydrogens (tertiary/aromatic N) is 2. The molecular formula is C21H22ClFN2O3S. The first-order chi connectivity index (χ1) is 13.9. The van der Waals surface area contributed by atoms with Gasteiger partial charge < -0.3 is 4.90 Å². The molecule has 8 heteroatoms. The summed E-state index contributed by atoms with van der Waals surface area (Å²) in [5, 5.41) is 0.103. The Kier molecular flexibility index (Phi) is 5.64. The summed E-state index contributed by atoms with van der Waals surface area (Å²) in [6, 6.07) is 12.0. The van der Waals surface area contributed by atoms with Gasteiger partial charge in [-0.1, -0.05) is 35.9 Å². The molecule has 1 amide bonds. The molecule has 1 saturated heterocycles.